The van der Waals surface area contributed by atoms with Crippen LogP contribution >= 0.6 is 0 Å². The molecule has 0 bridgehead atoms. The molecule has 1 saturated heterocycles. The molecule has 29 heavy (non-hydrogen) atoms. The van der Waals surface area contributed by atoms with Crippen molar-refractivity contribution in [3.63, 3.8) is 0 Å². The van der Waals surface area contributed by atoms with Crippen molar-refractivity contribution in [2.24, 2.45) is 5.92 Å². The Morgan fingerprint density at radius 3 is 2.66 bits per heavy atom. The molecule has 156 valence electrons. The van der Waals surface area contributed by atoms with E-state index in [1.165, 1.54) is 16.7 Å². The second-order valence-corrected chi connectivity index (χ2v) is 9.03. The van der Waals surface area contributed by atoms with Gasteiger partial charge in [0, 0.05) is 13.2 Å². The lowest BCUT2D eigenvalue weighted by Crippen LogP contribution is -2.36. The number of nitrogens with one attached hydrogen (secondary N) is 1. The highest BCUT2D eigenvalue weighted by molar-refractivity contribution is 5.44. The van der Waals surface area contributed by atoms with Crippen molar-refractivity contribution in [3.05, 3.63) is 59.2 Å². The molecule has 4 rings (SSSR count). The molecule has 2 aromatic carbocycles. The van der Waals surface area contributed by atoms with Crippen LogP contribution in [0.5, 0.6) is 11.5 Å². The molecule has 0 aliphatic carbocycles. The second kappa shape index (κ2) is 8.76. The number of fused-ring (bicyclic) bond motifs is 1. The van der Waals surface area contributed by atoms with Crippen molar-refractivity contribution >= 4 is 0 Å². The summed E-state index contributed by atoms with van der Waals surface area (Å²) in [5.74, 6) is 2.92. The number of hydrogen-bond donors (Lipinski definition) is 1. The topological polar surface area (TPSA) is 39.7 Å². The highest BCUT2D eigenvalue weighted by atomic mass is 16.7. The van der Waals surface area contributed by atoms with Gasteiger partial charge in [-0.1, -0.05) is 35.9 Å². The van der Waals surface area contributed by atoms with E-state index in [0.29, 0.717) is 18.6 Å². The third-order valence-electron chi connectivity index (χ3n) is 6.21. The Morgan fingerprint density at radius 1 is 1.07 bits per heavy atom. The van der Waals surface area contributed by atoms with Crippen LogP contribution in [0.25, 0.3) is 0 Å². The molecule has 1 fully saturated rings. The average molecular weight is 396 g/mol. The molecule has 0 radical (unpaired) electrons. The van der Waals surface area contributed by atoms with Crippen LogP contribution in [0.1, 0.15) is 55.7 Å². The number of hydrogen-bond acceptors (Lipinski definition) is 4. The predicted molar refractivity (Wildman–Crippen MR) is 116 cm³/mol. The molecule has 2 aliphatic heterocycles. The Bertz CT molecular complexity index is 815. The fourth-order valence-corrected chi connectivity index (χ4v) is 4.65. The maximum atomic E-state index is 5.98. The summed E-state index contributed by atoms with van der Waals surface area (Å²) in [5, 5.41) is 3.64. The molecule has 2 atom stereocenters. The van der Waals surface area contributed by atoms with E-state index in [2.05, 4.69) is 62.5 Å². The van der Waals surface area contributed by atoms with Gasteiger partial charge in [0.1, 0.15) is 0 Å². The molecule has 4 heteroatoms. The van der Waals surface area contributed by atoms with E-state index in [-0.39, 0.29) is 5.60 Å². The van der Waals surface area contributed by atoms with Gasteiger partial charge in [-0.25, -0.2) is 0 Å². The molecule has 4 nitrogen and oxygen atoms in total. The fourth-order valence-electron chi connectivity index (χ4n) is 4.65. The number of aryl methyl sites for hydroxylation is 1. The minimum Gasteiger partial charge on any atom is -0.454 e. The zero-order chi connectivity index (χ0) is 20.3. The summed E-state index contributed by atoms with van der Waals surface area (Å²) in [6, 6.07) is 15.3. The molecule has 0 amide bonds. The third-order valence-corrected chi connectivity index (χ3v) is 6.21. The van der Waals surface area contributed by atoms with Crippen molar-refractivity contribution in [2.45, 2.75) is 58.1 Å². The van der Waals surface area contributed by atoms with Crippen LogP contribution in [0.2, 0.25) is 0 Å². The first-order valence-corrected chi connectivity index (χ1v) is 10.8. The zero-order valence-corrected chi connectivity index (χ0v) is 17.9. The molecule has 0 aromatic heterocycles. The monoisotopic (exact) mass is 395 g/mol. The quantitative estimate of drug-likeness (QED) is 0.655. The number of rotatable bonds is 7. The van der Waals surface area contributed by atoms with E-state index in [0.717, 1.165) is 50.5 Å². The lowest BCUT2D eigenvalue weighted by molar-refractivity contribution is -0.0771. The minimum absolute atomic E-state index is 0.0220. The van der Waals surface area contributed by atoms with E-state index >= 15 is 0 Å². The smallest absolute Gasteiger partial charge is 0.231 e. The standard InChI is InChI=1S/C25H33NO3/c1-18-4-7-20(8-5-18)22(21-11-13-29-25(2,3)15-21)10-12-26-16-19-6-9-23-24(14-19)28-17-27-23/h4-9,14,21-22,26H,10-13,15-17H2,1-3H3/t21-,22-/m1/s1. The SMILES string of the molecule is Cc1ccc([C@@H](CCNCc2ccc3c(c2)OCO3)[C@@H]2CCOC(C)(C)C2)cc1. The Morgan fingerprint density at radius 2 is 1.86 bits per heavy atom. The van der Waals surface area contributed by atoms with Crippen LogP contribution in [0.15, 0.2) is 42.5 Å². The van der Waals surface area contributed by atoms with E-state index in [1.807, 2.05) is 6.07 Å². The highest BCUT2D eigenvalue weighted by Crippen LogP contribution is 2.40. The zero-order valence-electron chi connectivity index (χ0n) is 17.9. The van der Waals surface area contributed by atoms with Crippen molar-refractivity contribution in [1.82, 2.24) is 5.32 Å². The van der Waals surface area contributed by atoms with Crippen molar-refractivity contribution in [2.75, 3.05) is 19.9 Å². The molecule has 0 spiro atoms. The van der Waals surface area contributed by atoms with Crippen LogP contribution in [0.4, 0.5) is 0 Å². The summed E-state index contributed by atoms with van der Waals surface area (Å²) < 4.78 is 16.9. The molecule has 0 unspecified atom stereocenters. The first-order valence-electron chi connectivity index (χ1n) is 10.8. The van der Waals surface area contributed by atoms with Gasteiger partial charge < -0.3 is 19.5 Å². The van der Waals surface area contributed by atoms with Gasteiger partial charge in [0.15, 0.2) is 11.5 Å². The van der Waals surface area contributed by atoms with E-state index in [4.69, 9.17) is 14.2 Å². The van der Waals surface area contributed by atoms with Gasteiger partial charge in [-0.2, -0.15) is 0 Å². The van der Waals surface area contributed by atoms with Gasteiger partial charge in [0.2, 0.25) is 6.79 Å². The van der Waals surface area contributed by atoms with Gasteiger partial charge in [0.25, 0.3) is 0 Å². The van der Waals surface area contributed by atoms with Gasteiger partial charge >= 0.3 is 0 Å². The Hall–Kier alpha value is -2.04. The first-order chi connectivity index (χ1) is 14.0. The van der Waals surface area contributed by atoms with Crippen LogP contribution in [-0.4, -0.2) is 25.5 Å². The summed E-state index contributed by atoms with van der Waals surface area (Å²) in [6.07, 6.45) is 3.40. The van der Waals surface area contributed by atoms with Crippen LogP contribution < -0.4 is 14.8 Å². The van der Waals surface area contributed by atoms with E-state index in [1.54, 1.807) is 0 Å². The molecule has 2 heterocycles. The fraction of sp³-hybridized carbons (Fsp3) is 0.520. The average Bonchev–Trinajstić information content (AvgIpc) is 3.16. The van der Waals surface area contributed by atoms with Crippen LogP contribution in [0, 0.1) is 12.8 Å². The number of benzene rings is 2. The summed E-state index contributed by atoms with van der Waals surface area (Å²) in [5.41, 5.74) is 3.99. The van der Waals surface area contributed by atoms with Gasteiger partial charge in [-0.15, -0.1) is 0 Å². The summed E-state index contributed by atoms with van der Waals surface area (Å²) in [7, 11) is 0. The third kappa shape index (κ3) is 5.12. The minimum atomic E-state index is -0.0220. The molecular weight excluding hydrogens is 362 g/mol. The van der Waals surface area contributed by atoms with Crippen molar-refractivity contribution < 1.29 is 14.2 Å². The Labute approximate surface area is 174 Å². The maximum Gasteiger partial charge on any atom is 0.231 e. The summed E-state index contributed by atoms with van der Waals surface area (Å²) in [6.45, 7) is 9.63. The Balaban J connectivity index is 1.38. The molecule has 2 aliphatic rings. The maximum absolute atomic E-state index is 5.98. The van der Waals surface area contributed by atoms with Crippen LogP contribution in [-0.2, 0) is 11.3 Å². The predicted octanol–water partition coefficient (Wildman–Crippen LogP) is 5.19. The first kappa shape index (κ1) is 20.2. The van der Waals surface area contributed by atoms with E-state index < -0.39 is 0 Å². The number of ether oxygens (including phenoxy) is 3. The van der Waals surface area contributed by atoms with Crippen LogP contribution in [0.3, 0.4) is 0 Å². The van der Waals surface area contributed by atoms with Gasteiger partial charge in [-0.3, -0.25) is 0 Å². The molecule has 2 aromatic rings. The molecule has 1 N–H and O–H groups in total. The lowest BCUT2D eigenvalue weighted by atomic mass is 9.75. The normalized spacial score (nSPS) is 21.1. The molecule has 0 saturated carbocycles. The summed E-state index contributed by atoms with van der Waals surface area (Å²) >= 11 is 0. The largest absolute Gasteiger partial charge is 0.454 e. The summed E-state index contributed by atoms with van der Waals surface area (Å²) in [4.78, 5) is 0. The van der Waals surface area contributed by atoms with Crippen molar-refractivity contribution in [3.8, 4) is 11.5 Å². The highest BCUT2D eigenvalue weighted by Gasteiger charge is 2.33. The van der Waals surface area contributed by atoms with Crippen molar-refractivity contribution in [1.29, 1.82) is 0 Å². The lowest BCUT2D eigenvalue weighted by Gasteiger charge is -2.39. The van der Waals surface area contributed by atoms with Gasteiger partial charge in [0.05, 0.1) is 5.60 Å². The second-order valence-electron chi connectivity index (χ2n) is 9.03. The Kier molecular flexibility index (Phi) is 6.12. The van der Waals surface area contributed by atoms with E-state index in [9.17, 15) is 0 Å². The molecular formula is C25H33NO3. The van der Waals surface area contributed by atoms with Gasteiger partial charge in [-0.05, 0) is 81.7 Å².